The third kappa shape index (κ3) is 6.74. The second-order valence-corrected chi connectivity index (χ2v) is 5.27. The second kappa shape index (κ2) is 9.08. The van der Waals surface area contributed by atoms with Gasteiger partial charge in [0.15, 0.2) is 0 Å². The van der Waals surface area contributed by atoms with Crippen molar-refractivity contribution >= 4 is 20.0 Å². The summed E-state index contributed by atoms with van der Waals surface area (Å²) in [6.45, 7) is 5.34. The van der Waals surface area contributed by atoms with Crippen LogP contribution < -0.4 is 0 Å². The Morgan fingerprint density at radius 2 is 1.72 bits per heavy atom. The SMILES string of the molecule is CCOC(=O)CN(C=O)CP(=O)(OCC)OCC. The van der Waals surface area contributed by atoms with Gasteiger partial charge in [0, 0.05) is 0 Å². The molecule has 0 radical (unpaired) electrons. The Balaban J connectivity index is 4.51. The zero-order valence-electron chi connectivity index (χ0n) is 11.0. The maximum absolute atomic E-state index is 12.1. The van der Waals surface area contributed by atoms with Crippen molar-refractivity contribution in [2.75, 3.05) is 32.7 Å². The van der Waals surface area contributed by atoms with Gasteiger partial charge in [0.25, 0.3) is 0 Å². The highest BCUT2D eigenvalue weighted by atomic mass is 31.2. The molecule has 0 aliphatic carbocycles. The molecular weight excluding hydrogens is 261 g/mol. The van der Waals surface area contributed by atoms with Gasteiger partial charge in [0.1, 0.15) is 12.8 Å². The Morgan fingerprint density at radius 3 is 2.11 bits per heavy atom. The first-order chi connectivity index (χ1) is 8.51. The van der Waals surface area contributed by atoms with Crippen molar-refractivity contribution in [3.63, 3.8) is 0 Å². The molecule has 18 heavy (non-hydrogen) atoms. The number of rotatable bonds is 10. The van der Waals surface area contributed by atoms with Crippen LogP contribution in [0, 0.1) is 0 Å². The van der Waals surface area contributed by atoms with Crippen LogP contribution in [0.3, 0.4) is 0 Å². The number of carbonyl (C=O) groups is 2. The maximum Gasteiger partial charge on any atom is 0.349 e. The number of hydrogen-bond acceptors (Lipinski definition) is 6. The van der Waals surface area contributed by atoms with Crippen LogP contribution in [0.5, 0.6) is 0 Å². The van der Waals surface area contributed by atoms with Crippen molar-refractivity contribution in [2.24, 2.45) is 0 Å². The maximum atomic E-state index is 12.1. The third-order valence-electron chi connectivity index (χ3n) is 1.79. The van der Waals surface area contributed by atoms with Crippen LogP contribution in [-0.2, 0) is 27.9 Å². The fraction of sp³-hybridized carbons (Fsp3) is 0.800. The van der Waals surface area contributed by atoms with Crippen molar-refractivity contribution in [1.82, 2.24) is 4.90 Å². The van der Waals surface area contributed by atoms with Crippen LogP contribution in [0.2, 0.25) is 0 Å². The largest absolute Gasteiger partial charge is 0.465 e. The molecule has 0 fully saturated rings. The van der Waals surface area contributed by atoms with E-state index in [0.29, 0.717) is 6.41 Å². The summed E-state index contributed by atoms with van der Waals surface area (Å²) in [6, 6.07) is 0. The van der Waals surface area contributed by atoms with Gasteiger partial charge in [0.05, 0.1) is 19.8 Å². The molecular formula is C10H20NO6P. The lowest BCUT2D eigenvalue weighted by atomic mass is 10.6. The molecule has 7 nitrogen and oxygen atoms in total. The Bertz CT molecular complexity index is 299. The van der Waals surface area contributed by atoms with E-state index in [1.807, 2.05) is 0 Å². The zero-order chi connectivity index (χ0) is 14.0. The van der Waals surface area contributed by atoms with Gasteiger partial charge < -0.3 is 18.7 Å². The molecule has 0 aliphatic rings. The molecule has 0 saturated carbocycles. The van der Waals surface area contributed by atoms with Gasteiger partial charge in [-0.1, -0.05) is 0 Å². The molecule has 0 rings (SSSR count). The lowest BCUT2D eigenvalue weighted by Gasteiger charge is -2.22. The van der Waals surface area contributed by atoms with Crippen LogP contribution in [0.1, 0.15) is 20.8 Å². The van der Waals surface area contributed by atoms with Crippen LogP contribution >= 0.6 is 7.60 Å². The summed E-state index contributed by atoms with van der Waals surface area (Å²) in [5, 5.41) is 0. The van der Waals surface area contributed by atoms with E-state index in [9.17, 15) is 14.2 Å². The van der Waals surface area contributed by atoms with E-state index < -0.39 is 13.6 Å². The molecule has 0 aromatic carbocycles. The van der Waals surface area contributed by atoms with Crippen molar-refractivity contribution in [3.8, 4) is 0 Å². The van der Waals surface area contributed by atoms with Crippen molar-refractivity contribution in [3.05, 3.63) is 0 Å². The van der Waals surface area contributed by atoms with Crippen LogP contribution in [0.4, 0.5) is 0 Å². The number of amides is 1. The summed E-state index contributed by atoms with van der Waals surface area (Å²) < 4.78 is 26.9. The van der Waals surface area contributed by atoms with Crippen molar-refractivity contribution < 1.29 is 27.9 Å². The monoisotopic (exact) mass is 281 g/mol. The van der Waals surface area contributed by atoms with Crippen LogP contribution in [0.15, 0.2) is 0 Å². The summed E-state index contributed by atoms with van der Waals surface area (Å²) in [6.07, 6.45) is 0.151. The first-order valence-electron chi connectivity index (χ1n) is 5.74. The first kappa shape index (κ1) is 17.1. The van der Waals surface area contributed by atoms with E-state index in [4.69, 9.17) is 13.8 Å². The standard InChI is InChI=1S/C10H20NO6P/c1-4-15-10(13)7-11(8-12)9-18(14,16-5-2)17-6-3/h8H,4-7,9H2,1-3H3. The van der Waals surface area contributed by atoms with Crippen LogP contribution in [0.25, 0.3) is 0 Å². The minimum absolute atomic E-state index is 0.198. The summed E-state index contributed by atoms with van der Waals surface area (Å²) in [4.78, 5) is 23.1. The average molecular weight is 281 g/mol. The third-order valence-corrected chi connectivity index (χ3v) is 3.81. The summed E-state index contributed by atoms with van der Waals surface area (Å²) in [5.74, 6) is -0.566. The molecule has 0 aliphatic heterocycles. The minimum atomic E-state index is -3.38. The molecule has 0 aromatic heterocycles. The smallest absolute Gasteiger partial charge is 0.349 e. The highest BCUT2D eigenvalue weighted by Crippen LogP contribution is 2.48. The van der Waals surface area contributed by atoms with E-state index in [1.54, 1.807) is 20.8 Å². The zero-order valence-corrected chi connectivity index (χ0v) is 11.9. The molecule has 0 aromatic rings. The van der Waals surface area contributed by atoms with E-state index in [1.165, 1.54) is 0 Å². The van der Waals surface area contributed by atoms with Gasteiger partial charge in [-0.3, -0.25) is 14.2 Å². The lowest BCUT2D eigenvalue weighted by Crippen LogP contribution is -2.31. The highest BCUT2D eigenvalue weighted by Gasteiger charge is 2.27. The predicted octanol–water partition coefficient (Wildman–Crippen LogP) is 1.23. The predicted molar refractivity (Wildman–Crippen MR) is 65.1 cm³/mol. The summed E-state index contributed by atoms with van der Waals surface area (Å²) in [5.41, 5.74) is 0. The summed E-state index contributed by atoms with van der Waals surface area (Å²) in [7, 11) is -3.38. The second-order valence-electron chi connectivity index (χ2n) is 3.25. The van der Waals surface area contributed by atoms with Gasteiger partial charge in [-0.2, -0.15) is 0 Å². The highest BCUT2D eigenvalue weighted by molar-refractivity contribution is 7.53. The first-order valence-corrected chi connectivity index (χ1v) is 7.47. The van der Waals surface area contributed by atoms with Gasteiger partial charge in [-0.25, -0.2) is 0 Å². The minimum Gasteiger partial charge on any atom is -0.465 e. The summed E-state index contributed by atoms with van der Waals surface area (Å²) >= 11 is 0. The molecule has 1 amide bonds. The molecule has 0 heterocycles. The Hall–Kier alpha value is -0.910. The Labute approximate surface area is 107 Å². The van der Waals surface area contributed by atoms with Gasteiger partial charge in [0.2, 0.25) is 6.41 Å². The van der Waals surface area contributed by atoms with Crippen molar-refractivity contribution in [2.45, 2.75) is 20.8 Å². The number of carbonyl (C=O) groups excluding carboxylic acids is 2. The Kier molecular flexibility index (Phi) is 8.62. The number of nitrogens with zero attached hydrogens (tertiary/aromatic N) is 1. The molecule has 0 saturated heterocycles. The topological polar surface area (TPSA) is 82.1 Å². The molecule has 0 spiro atoms. The quantitative estimate of drug-likeness (QED) is 0.340. The van der Waals surface area contributed by atoms with Crippen molar-refractivity contribution in [1.29, 1.82) is 0 Å². The molecule has 0 N–H and O–H groups in total. The van der Waals surface area contributed by atoms with Crippen LogP contribution in [-0.4, -0.2) is 49.9 Å². The molecule has 0 atom stereocenters. The Morgan fingerprint density at radius 1 is 1.17 bits per heavy atom. The van der Waals surface area contributed by atoms with Gasteiger partial charge >= 0.3 is 13.6 Å². The molecule has 0 bridgehead atoms. The van der Waals surface area contributed by atoms with E-state index in [2.05, 4.69) is 0 Å². The van der Waals surface area contributed by atoms with E-state index in [0.717, 1.165) is 4.90 Å². The molecule has 8 heteroatoms. The van der Waals surface area contributed by atoms with E-state index >= 15 is 0 Å². The van der Waals surface area contributed by atoms with Gasteiger partial charge in [-0.05, 0) is 20.8 Å². The number of ether oxygens (including phenoxy) is 1. The number of hydrogen-bond donors (Lipinski definition) is 0. The average Bonchev–Trinajstić information content (AvgIpc) is 2.28. The van der Waals surface area contributed by atoms with Gasteiger partial charge in [-0.15, -0.1) is 0 Å². The number of esters is 1. The lowest BCUT2D eigenvalue weighted by molar-refractivity contribution is -0.146. The normalized spacial score (nSPS) is 11.1. The molecule has 106 valence electrons. The van der Waals surface area contributed by atoms with E-state index in [-0.39, 0.29) is 32.7 Å². The molecule has 0 unspecified atom stereocenters. The fourth-order valence-electron chi connectivity index (χ4n) is 1.23. The fourth-order valence-corrected chi connectivity index (χ4v) is 2.86.